The quantitative estimate of drug-likeness (QED) is 0.720. The number of nitrogens with zero attached hydrogens (tertiary/aromatic N) is 3. The van der Waals surface area contributed by atoms with Crippen molar-refractivity contribution in [2.75, 3.05) is 7.11 Å². The second-order valence-electron chi connectivity index (χ2n) is 3.69. The normalized spacial score (nSPS) is 10.8. The van der Waals surface area contributed by atoms with Crippen LogP contribution >= 0.6 is 11.6 Å². The lowest BCUT2D eigenvalue weighted by Crippen LogP contribution is -1.91. The van der Waals surface area contributed by atoms with Crippen molar-refractivity contribution in [3.63, 3.8) is 0 Å². The molecule has 0 aliphatic carbocycles. The first-order valence-corrected chi connectivity index (χ1v) is 5.67. The zero-order chi connectivity index (χ0) is 12.5. The van der Waals surface area contributed by atoms with E-state index in [4.69, 9.17) is 16.3 Å². The Kier molecular flexibility index (Phi) is 2.60. The van der Waals surface area contributed by atoms with Crippen LogP contribution < -0.4 is 4.74 Å². The monoisotopic (exact) mass is 260 g/mol. The molecule has 1 N–H and O–H groups in total. The topological polar surface area (TPSA) is 63.7 Å². The zero-order valence-electron chi connectivity index (χ0n) is 9.51. The first-order chi connectivity index (χ1) is 8.78. The van der Waals surface area contributed by atoms with Gasteiger partial charge < -0.3 is 4.74 Å². The van der Waals surface area contributed by atoms with Gasteiger partial charge in [0.25, 0.3) is 0 Å². The SMILES string of the molecule is COc1ccc(-c2nc(Cl)c3n[nH]cc3n2)cc1. The summed E-state index contributed by atoms with van der Waals surface area (Å²) >= 11 is 6.05. The summed E-state index contributed by atoms with van der Waals surface area (Å²) in [5.41, 5.74) is 2.15. The third kappa shape index (κ3) is 1.78. The molecule has 5 nitrogen and oxygen atoms in total. The molecule has 3 rings (SSSR count). The number of fused-ring (bicyclic) bond motifs is 1. The highest BCUT2D eigenvalue weighted by molar-refractivity contribution is 6.33. The first kappa shape index (κ1) is 11.0. The second-order valence-corrected chi connectivity index (χ2v) is 4.04. The van der Waals surface area contributed by atoms with E-state index in [2.05, 4.69) is 20.2 Å². The van der Waals surface area contributed by atoms with Gasteiger partial charge in [0.15, 0.2) is 11.0 Å². The molecule has 0 spiro atoms. The molecule has 0 aliphatic rings. The fourth-order valence-electron chi connectivity index (χ4n) is 1.67. The van der Waals surface area contributed by atoms with Crippen molar-refractivity contribution in [2.45, 2.75) is 0 Å². The number of rotatable bonds is 2. The Bertz CT molecular complexity index is 693. The summed E-state index contributed by atoms with van der Waals surface area (Å²) in [5, 5.41) is 7.04. The highest BCUT2D eigenvalue weighted by atomic mass is 35.5. The summed E-state index contributed by atoms with van der Waals surface area (Å²) < 4.78 is 5.10. The lowest BCUT2D eigenvalue weighted by Gasteiger charge is -2.03. The van der Waals surface area contributed by atoms with Crippen LogP contribution in [0.25, 0.3) is 22.4 Å². The van der Waals surface area contributed by atoms with E-state index in [1.54, 1.807) is 13.3 Å². The van der Waals surface area contributed by atoms with Gasteiger partial charge >= 0.3 is 0 Å². The number of aromatic nitrogens is 4. The average Bonchev–Trinajstić information content (AvgIpc) is 2.88. The number of H-pyrrole nitrogens is 1. The minimum atomic E-state index is 0.340. The summed E-state index contributed by atoms with van der Waals surface area (Å²) in [6.45, 7) is 0. The van der Waals surface area contributed by atoms with Gasteiger partial charge in [-0.1, -0.05) is 11.6 Å². The summed E-state index contributed by atoms with van der Waals surface area (Å²) in [6.07, 6.45) is 1.69. The molecule has 1 aromatic carbocycles. The molecule has 0 saturated carbocycles. The molecule has 18 heavy (non-hydrogen) atoms. The van der Waals surface area contributed by atoms with Gasteiger partial charge in [-0.25, -0.2) is 9.97 Å². The molecule has 6 heteroatoms. The number of hydrogen-bond acceptors (Lipinski definition) is 4. The maximum Gasteiger partial charge on any atom is 0.161 e. The van der Waals surface area contributed by atoms with E-state index >= 15 is 0 Å². The van der Waals surface area contributed by atoms with Crippen molar-refractivity contribution in [1.29, 1.82) is 0 Å². The van der Waals surface area contributed by atoms with E-state index in [9.17, 15) is 0 Å². The third-order valence-electron chi connectivity index (χ3n) is 2.59. The van der Waals surface area contributed by atoms with Crippen molar-refractivity contribution in [1.82, 2.24) is 20.2 Å². The number of nitrogens with one attached hydrogen (secondary N) is 1. The molecule has 90 valence electrons. The van der Waals surface area contributed by atoms with Gasteiger partial charge in [0.1, 0.15) is 16.8 Å². The standard InChI is InChI=1S/C12H9ClN4O/c1-18-8-4-2-7(3-5-8)12-15-9-6-14-17-10(9)11(13)16-12/h2-6H,1H3,(H,14,17). The van der Waals surface area contributed by atoms with E-state index in [-0.39, 0.29) is 0 Å². The number of benzene rings is 1. The maximum atomic E-state index is 6.05. The number of aromatic amines is 1. The molecular formula is C12H9ClN4O. The highest BCUT2D eigenvalue weighted by Crippen LogP contribution is 2.24. The predicted molar refractivity (Wildman–Crippen MR) is 68.7 cm³/mol. The van der Waals surface area contributed by atoms with Crippen LogP contribution in [0.5, 0.6) is 5.75 Å². The number of ether oxygens (including phenoxy) is 1. The Balaban J connectivity index is 2.12. The van der Waals surface area contributed by atoms with E-state index < -0.39 is 0 Å². The Morgan fingerprint density at radius 3 is 2.67 bits per heavy atom. The van der Waals surface area contributed by atoms with Gasteiger partial charge in [-0.3, -0.25) is 5.10 Å². The predicted octanol–water partition coefficient (Wildman–Crippen LogP) is 2.68. The van der Waals surface area contributed by atoms with Crippen LogP contribution in [-0.2, 0) is 0 Å². The van der Waals surface area contributed by atoms with Crippen LogP contribution in [-0.4, -0.2) is 27.3 Å². The van der Waals surface area contributed by atoms with Crippen molar-refractivity contribution >= 4 is 22.6 Å². The fourth-order valence-corrected chi connectivity index (χ4v) is 1.89. The first-order valence-electron chi connectivity index (χ1n) is 5.29. The molecule has 0 fully saturated rings. The van der Waals surface area contributed by atoms with E-state index in [1.165, 1.54) is 0 Å². The molecule has 0 saturated heterocycles. The van der Waals surface area contributed by atoms with Gasteiger partial charge in [-0.15, -0.1) is 0 Å². The summed E-state index contributed by atoms with van der Waals surface area (Å²) in [4.78, 5) is 8.62. The van der Waals surface area contributed by atoms with Crippen LogP contribution in [0.2, 0.25) is 5.15 Å². The van der Waals surface area contributed by atoms with Crippen LogP contribution in [0, 0.1) is 0 Å². The van der Waals surface area contributed by atoms with Crippen LogP contribution in [0.15, 0.2) is 30.5 Å². The van der Waals surface area contributed by atoms with Crippen LogP contribution in [0.3, 0.4) is 0 Å². The highest BCUT2D eigenvalue weighted by Gasteiger charge is 2.09. The lowest BCUT2D eigenvalue weighted by atomic mass is 10.2. The average molecular weight is 261 g/mol. The van der Waals surface area contributed by atoms with Gasteiger partial charge in [0.05, 0.1) is 7.11 Å². The molecule has 2 heterocycles. The number of hydrogen-bond donors (Lipinski definition) is 1. The Hall–Kier alpha value is -2.14. The minimum absolute atomic E-state index is 0.340. The Morgan fingerprint density at radius 2 is 1.94 bits per heavy atom. The summed E-state index contributed by atoms with van der Waals surface area (Å²) in [5.74, 6) is 1.35. The molecule has 3 aromatic rings. The third-order valence-corrected chi connectivity index (χ3v) is 2.86. The Labute approximate surface area is 108 Å². The summed E-state index contributed by atoms with van der Waals surface area (Å²) in [6, 6.07) is 7.48. The van der Waals surface area contributed by atoms with E-state index in [1.807, 2.05) is 24.3 Å². The fraction of sp³-hybridized carbons (Fsp3) is 0.0833. The van der Waals surface area contributed by atoms with Crippen LogP contribution in [0.1, 0.15) is 0 Å². The van der Waals surface area contributed by atoms with Gasteiger partial charge in [0, 0.05) is 11.8 Å². The summed E-state index contributed by atoms with van der Waals surface area (Å²) in [7, 11) is 1.62. The van der Waals surface area contributed by atoms with E-state index in [0.29, 0.717) is 22.0 Å². The Morgan fingerprint density at radius 1 is 1.17 bits per heavy atom. The molecule has 0 atom stereocenters. The van der Waals surface area contributed by atoms with Crippen molar-refractivity contribution in [3.8, 4) is 17.1 Å². The molecule has 0 unspecified atom stereocenters. The second kappa shape index (κ2) is 4.27. The van der Waals surface area contributed by atoms with Crippen molar-refractivity contribution < 1.29 is 4.74 Å². The maximum absolute atomic E-state index is 6.05. The van der Waals surface area contributed by atoms with Gasteiger partial charge in [-0.05, 0) is 24.3 Å². The molecule has 0 aliphatic heterocycles. The molecule has 0 amide bonds. The molecular weight excluding hydrogens is 252 g/mol. The van der Waals surface area contributed by atoms with Crippen molar-refractivity contribution in [3.05, 3.63) is 35.6 Å². The van der Waals surface area contributed by atoms with Crippen LogP contribution in [0.4, 0.5) is 0 Å². The van der Waals surface area contributed by atoms with Gasteiger partial charge in [-0.2, -0.15) is 5.10 Å². The number of halogens is 1. The number of methoxy groups -OCH3 is 1. The lowest BCUT2D eigenvalue weighted by molar-refractivity contribution is 0.415. The zero-order valence-corrected chi connectivity index (χ0v) is 10.3. The minimum Gasteiger partial charge on any atom is -0.497 e. The largest absolute Gasteiger partial charge is 0.497 e. The van der Waals surface area contributed by atoms with Crippen molar-refractivity contribution in [2.24, 2.45) is 0 Å². The molecule has 2 aromatic heterocycles. The smallest absolute Gasteiger partial charge is 0.161 e. The molecule has 0 radical (unpaired) electrons. The molecule has 0 bridgehead atoms. The van der Waals surface area contributed by atoms with E-state index in [0.717, 1.165) is 11.3 Å². The van der Waals surface area contributed by atoms with Gasteiger partial charge in [0.2, 0.25) is 0 Å².